The molecule has 11 heteroatoms. The number of thiophene rings is 1. The van der Waals surface area contributed by atoms with Gasteiger partial charge in [0.2, 0.25) is 0 Å². The summed E-state index contributed by atoms with van der Waals surface area (Å²) in [5.41, 5.74) is 0.121. The van der Waals surface area contributed by atoms with Crippen molar-refractivity contribution in [3.63, 3.8) is 0 Å². The lowest BCUT2D eigenvalue weighted by Gasteiger charge is -2.28. The van der Waals surface area contributed by atoms with E-state index in [1.807, 2.05) is 0 Å². The minimum Gasteiger partial charge on any atom is -0.188 e. The van der Waals surface area contributed by atoms with Crippen molar-refractivity contribution in [2.24, 2.45) is 0 Å². The van der Waals surface area contributed by atoms with E-state index in [-0.39, 0.29) is 14.5 Å². The highest BCUT2D eigenvalue weighted by Gasteiger charge is 2.73. The number of hydrogen-bond acceptors (Lipinski definition) is 2. The molecule has 0 unspecified atom stereocenters. The third kappa shape index (κ3) is 3.78. The second-order valence-electron chi connectivity index (χ2n) is 4.43. The van der Waals surface area contributed by atoms with Crippen molar-refractivity contribution in [3.8, 4) is 10.4 Å². The molecule has 0 aliphatic carbocycles. The summed E-state index contributed by atoms with van der Waals surface area (Å²) in [6.45, 7) is 0. The second kappa shape index (κ2) is 6.81. The Labute approximate surface area is 156 Å². The first-order valence-corrected chi connectivity index (χ1v) is 9.19. The summed E-state index contributed by atoms with van der Waals surface area (Å²) >= 11 is 6.45. The Hall–Kier alpha value is -0.260. The molecule has 0 aliphatic heterocycles. The van der Waals surface area contributed by atoms with Crippen LogP contribution in [-0.2, 0) is 0 Å². The topological polar surface area (TPSA) is 0 Å². The van der Waals surface area contributed by atoms with Crippen molar-refractivity contribution < 1.29 is 30.7 Å². The quantitative estimate of drug-likeness (QED) is 0.294. The highest BCUT2D eigenvalue weighted by atomic mass is 79.9. The lowest BCUT2D eigenvalue weighted by Crippen LogP contribution is -2.49. The number of rotatable bonds is 4. The average molecular weight is 518 g/mol. The van der Waals surface area contributed by atoms with E-state index >= 15 is 0 Å². The Balaban J connectivity index is 2.54. The Kier molecular flexibility index (Phi) is 5.69. The van der Waals surface area contributed by atoms with Gasteiger partial charge in [0.1, 0.15) is 0 Å². The van der Waals surface area contributed by atoms with Gasteiger partial charge in [-0.2, -0.15) is 30.7 Å². The van der Waals surface area contributed by atoms with Gasteiger partial charge in [-0.3, -0.25) is 0 Å². The molecule has 0 atom stereocenters. The highest BCUT2D eigenvalue weighted by Crippen LogP contribution is 2.56. The standard InChI is InChI=1S/C13H5Br2F7S2/c14-6-4-7(15)10(8-2-1-3-23-8)9(5-6)24-13(21,22)11(16,17)12(18,19)20/h1-5H. The summed E-state index contributed by atoms with van der Waals surface area (Å²) in [5.74, 6) is -6.17. The smallest absolute Gasteiger partial charge is 0.188 e. The Morgan fingerprint density at radius 1 is 0.958 bits per heavy atom. The number of thioether (sulfide) groups is 1. The van der Waals surface area contributed by atoms with E-state index in [0.717, 1.165) is 17.4 Å². The molecule has 0 N–H and O–H groups in total. The van der Waals surface area contributed by atoms with Crippen LogP contribution in [0.25, 0.3) is 10.4 Å². The highest BCUT2D eigenvalue weighted by molar-refractivity contribution is 9.11. The zero-order valence-corrected chi connectivity index (χ0v) is 15.9. The van der Waals surface area contributed by atoms with Gasteiger partial charge in [-0.05, 0) is 35.3 Å². The summed E-state index contributed by atoms with van der Waals surface area (Å²) in [4.78, 5) is 0.0376. The molecule has 2 aromatic rings. The van der Waals surface area contributed by atoms with Gasteiger partial charge in [-0.15, -0.1) is 11.3 Å². The average Bonchev–Trinajstić information content (AvgIpc) is 2.89. The van der Waals surface area contributed by atoms with Gasteiger partial charge < -0.3 is 0 Å². The molecule has 24 heavy (non-hydrogen) atoms. The van der Waals surface area contributed by atoms with Gasteiger partial charge in [0.25, 0.3) is 0 Å². The van der Waals surface area contributed by atoms with Crippen LogP contribution in [0, 0.1) is 0 Å². The van der Waals surface area contributed by atoms with E-state index in [0.29, 0.717) is 4.88 Å². The van der Waals surface area contributed by atoms with Crippen LogP contribution in [0.4, 0.5) is 30.7 Å². The van der Waals surface area contributed by atoms with Gasteiger partial charge in [-0.25, -0.2) is 0 Å². The van der Waals surface area contributed by atoms with Crippen molar-refractivity contribution in [1.82, 2.24) is 0 Å². The maximum absolute atomic E-state index is 13.7. The van der Waals surface area contributed by atoms with E-state index in [1.54, 1.807) is 17.5 Å². The molecule has 0 saturated heterocycles. The SMILES string of the molecule is FC(F)(F)C(F)(F)C(F)(F)Sc1cc(Br)cc(Br)c1-c1cccs1. The lowest BCUT2D eigenvalue weighted by atomic mass is 10.2. The molecule has 0 aliphatic rings. The molecular weight excluding hydrogens is 513 g/mol. The number of halogens is 9. The summed E-state index contributed by atoms with van der Waals surface area (Å²) in [5, 5.41) is -3.75. The van der Waals surface area contributed by atoms with Crippen LogP contribution in [0.15, 0.2) is 43.5 Å². The summed E-state index contributed by atoms with van der Waals surface area (Å²) in [6, 6.07) is 5.71. The molecule has 1 aromatic carbocycles. The summed E-state index contributed by atoms with van der Waals surface area (Å²) in [6.07, 6.45) is -6.37. The van der Waals surface area contributed by atoms with Gasteiger partial charge in [0, 0.05) is 24.3 Å². The first-order valence-electron chi connectivity index (χ1n) is 5.91. The largest absolute Gasteiger partial charge is 0.460 e. The molecule has 0 bridgehead atoms. The molecule has 1 heterocycles. The zero-order chi connectivity index (χ0) is 18.3. The monoisotopic (exact) mass is 516 g/mol. The van der Waals surface area contributed by atoms with Crippen LogP contribution < -0.4 is 0 Å². The maximum Gasteiger partial charge on any atom is 0.460 e. The lowest BCUT2D eigenvalue weighted by molar-refractivity contribution is -0.330. The van der Waals surface area contributed by atoms with E-state index in [9.17, 15) is 30.7 Å². The van der Waals surface area contributed by atoms with Gasteiger partial charge in [0.15, 0.2) is 0 Å². The fourth-order valence-electron chi connectivity index (χ4n) is 1.66. The Morgan fingerprint density at radius 2 is 1.58 bits per heavy atom. The minimum absolute atomic E-state index is 0.121. The van der Waals surface area contributed by atoms with Crippen molar-refractivity contribution in [1.29, 1.82) is 0 Å². The normalized spacial score (nSPS) is 13.4. The number of hydrogen-bond donors (Lipinski definition) is 0. The predicted molar refractivity (Wildman–Crippen MR) is 87.0 cm³/mol. The fraction of sp³-hybridized carbons (Fsp3) is 0.231. The Bertz CT molecular complexity index is 727. The molecule has 0 nitrogen and oxygen atoms in total. The van der Waals surface area contributed by atoms with Crippen LogP contribution in [0.3, 0.4) is 0 Å². The van der Waals surface area contributed by atoms with Crippen molar-refractivity contribution >= 4 is 55.0 Å². The molecule has 0 amide bonds. The van der Waals surface area contributed by atoms with E-state index in [2.05, 4.69) is 31.9 Å². The summed E-state index contributed by atoms with van der Waals surface area (Å²) in [7, 11) is 0. The predicted octanol–water partition coefficient (Wildman–Crippen LogP) is 7.82. The van der Waals surface area contributed by atoms with Crippen LogP contribution in [0.2, 0.25) is 0 Å². The van der Waals surface area contributed by atoms with Crippen LogP contribution >= 0.6 is 55.0 Å². The maximum atomic E-state index is 13.7. The molecule has 0 saturated carbocycles. The van der Waals surface area contributed by atoms with Crippen LogP contribution in [-0.4, -0.2) is 17.4 Å². The molecule has 0 fully saturated rings. The van der Waals surface area contributed by atoms with Crippen molar-refractivity contribution in [2.45, 2.75) is 22.2 Å². The Morgan fingerprint density at radius 3 is 2.08 bits per heavy atom. The van der Waals surface area contributed by atoms with Crippen molar-refractivity contribution in [3.05, 3.63) is 38.6 Å². The van der Waals surface area contributed by atoms with E-state index in [4.69, 9.17) is 0 Å². The fourth-order valence-corrected chi connectivity index (χ4v) is 5.40. The number of benzene rings is 1. The molecule has 132 valence electrons. The third-order valence-electron chi connectivity index (χ3n) is 2.75. The van der Waals surface area contributed by atoms with Gasteiger partial charge in [-0.1, -0.05) is 37.9 Å². The molecule has 1 aromatic heterocycles. The minimum atomic E-state index is -6.37. The van der Waals surface area contributed by atoms with Crippen LogP contribution in [0.1, 0.15) is 0 Å². The van der Waals surface area contributed by atoms with Gasteiger partial charge >= 0.3 is 17.4 Å². The third-order valence-corrected chi connectivity index (χ3v) is 5.77. The molecule has 2 rings (SSSR count). The zero-order valence-electron chi connectivity index (χ0n) is 11.1. The van der Waals surface area contributed by atoms with E-state index in [1.165, 1.54) is 6.07 Å². The molecule has 0 spiro atoms. The van der Waals surface area contributed by atoms with E-state index < -0.39 is 34.0 Å². The molecule has 0 radical (unpaired) electrons. The first-order chi connectivity index (χ1) is 10.9. The first kappa shape index (κ1) is 20.1. The summed E-state index contributed by atoms with van der Waals surface area (Å²) < 4.78 is 91.2. The van der Waals surface area contributed by atoms with Crippen LogP contribution in [0.5, 0.6) is 0 Å². The van der Waals surface area contributed by atoms with Gasteiger partial charge in [0.05, 0.1) is 0 Å². The van der Waals surface area contributed by atoms with Crippen molar-refractivity contribution in [2.75, 3.05) is 0 Å². The second-order valence-corrected chi connectivity index (χ2v) is 8.30. The number of alkyl halides is 7. The molecular formula is C13H5Br2F7S2.